The van der Waals surface area contributed by atoms with Crippen LogP contribution in [0.3, 0.4) is 0 Å². The van der Waals surface area contributed by atoms with Crippen LogP contribution in [0, 0.1) is 0 Å². The first-order valence-electron chi connectivity index (χ1n) is 8.62. The molecular formula is C20H29NO6. The molecule has 0 aromatic heterocycles. The van der Waals surface area contributed by atoms with Crippen LogP contribution in [0.4, 0.5) is 9.59 Å². The van der Waals surface area contributed by atoms with Gasteiger partial charge in [0.05, 0.1) is 13.7 Å². The molecule has 1 aromatic carbocycles. The minimum Gasteiger partial charge on any atom is -0.497 e. The van der Waals surface area contributed by atoms with E-state index in [1.807, 2.05) is 24.3 Å². The van der Waals surface area contributed by atoms with Gasteiger partial charge in [0.1, 0.15) is 17.0 Å². The maximum Gasteiger partial charge on any atom is 0.534 e. The molecule has 7 nitrogen and oxygen atoms in total. The Bertz CT molecular complexity index is 670. The third-order valence-electron chi connectivity index (χ3n) is 2.85. The van der Waals surface area contributed by atoms with Gasteiger partial charge in [0, 0.05) is 0 Å². The molecule has 1 amide bonds. The van der Waals surface area contributed by atoms with Crippen LogP contribution in [0.15, 0.2) is 30.3 Å². The van der Waals surface area contributed by atoms with Crippen LogP contribution in [0.2, 0.25) is 0 Å². The molecule has 7 heteroatoms. The number of amides is 1. The molecule has 0 saturated heterocycles. The van der Waals surface area contributed by atoms with Crippen LogP contribution in [0.25, 0.3) is 6.08 Å². The number of rotatable bonds is 4. The van der Waals surface area contributed by atoms with Gasteiger partial charge in [-0.15, -0.1) is 5.06 Å². The van der Waals surface area contributed by atoms with Gasteiger partial charge in [-0.05, 0) is 59.2 Å². The highest BCUT2D eigenvalue weighted by Gasteiger charge is 2.27. The molecule has 1 rings (SSSR count). The summed E-state index contributed by atoms with van der Waals surface area (Å²) in [6.45, 7) is 10.3. The fourth-order valence-corrected chi connectivity index (χ4v) is 1.85. The van der Waals surface area contributed by atoms with E-state index in [-0.39, 0.29) is 6.54 Å². The molecule has 150 valence electrons. The van der Waals surface area contributed by atoms with Gasteiger partial charge in [0.25, 0.3) is 0 Å². The van der Waals surface area contributed by atoms with E-state index in [4.69, 9.17) is 19.0 Å². The molecule has 0 spiro atoms. The van der Waals surface area contributed by atoms with Crippen molar-refractivity contribution in [2.24, 2.45) is 0 Å². The Labute approximate surface area is 160 Å². The topological polar surface area (TPSA) is 74.3 Å². The molecule has 0 aliphatic carbocycles. The average Bonchev–Trinajstić information content (AvgIpc) is 2.50. The van der Waals surface area contributed by atoms with E-state index in [0.717, 1.165) is 10.6 Å². The third-order valence-corrected chi connectivity index (χ3v) is 2.85. The summed E-state index contributed by atoms with van der Waals surface area (Å²) >= 11 is 0. The molecule has 0 unspecified atom stereocenters. The van der Waals surface area contributed by atoms with E-state index < -0.39 is 23.5 Å². The summed E-state index contributed by atoms with van der Waals surface area (Å²) in [5.74, 6) is 0.714. The van der Waals surface area contributed by atoms with Crippen LogP contribution < -0.4 is 4.74 Å². The predicted molar refractivity (Wildman–Crippen MR) is 102 cm³/mol. The Morgan fingerprint density at radius 2 is 1.67 bits per heavy atom. The summed E-state index contributed by atoms with van der Waals surface area (Å²) in [4.78, 5) is 29.3. The fraction of sp³-hybridized carbons (Fsp3) is 0.500. The number of benzene rings is 1. The molecular weight excluding hydrogens is 350 g/mol. The minimum atomic E-state index is -0.983. The second kappa shape index (κ2) is 9.30. The summed E-state index contributed by atoms with van der Waals surface area (Å²) in [6, 6.07) is 7.39. The summed E-state index contributed by atoms with van der Waals surface area (Å²) in [5, 5.41) is 0.815. The molecule has 0 fully saturated rings. The van der Waals surface area contributed by atoms with Crippen molar-refractivity contribution in [2.45, 2.75) is 52.7 Å². The van der Waals surface area contributed by atoms with Crippen LogP contribution >= 0.6 is 0 Å². The monoisotopic (exact) mass is 379 g/mol. The Hall–Kier alpha value is -2.70. The van der Waals surface area contributed by atoms with Crippen LogP contribution in [-0.4, -0.2) is 42.2 Å². The Morgan fingerprint density at radius 3 is 2.22 bits per heavy atom. The number of hydrogen-bond acceptors (Lipinski definition) is 6. The van der Waals surface area contributed by atoms with Gasteiger partial charge in [-0.2, -0.15) is 0 Å². The lowest BCUT2D eigenvalue weighted by Gasteiger charge is -2.26. The number of hydrogen-bond donors (Lipinski definition) is 0. The minimum absolute atomic E-state index is 0.00857. The van der Waals surface area contributed by atoms with Gasteiger partial charge in [0.2, 0.25) is 0 Å². The van der Waals surface area contributed by atoms with E-state index in [0.29, 0.717) is 5.75 Å². The van der Waals surface area contributed by atoms with Crippen molar-refractivity contribution in [1.29, 1.82) is 0 Å². The van der Waals surface area contributed by atoms with Crippen molar-refractivity contribution < 1.29 is 28.6 Å². The van der Waals surface area contributed by atoms with E-state index in [1.165, 1.54) is 0 Å². The number of ether oxygens (including phenoxy) is 3. The quantitative estimate of drug-likeness (QED) is 0.552. The summed E-state index contributed by atoms with van der Waals surface area (Å²) in [7, 11) is 1.59. The highest BCUT2D eigenvalue weighted by molar-refractivity contribution is 5.70. The van der Waals surface area contributed by atoms with Gasteiger partial charge in [0.15, 0.2) is 0 Å². The molecule has 0 radical (unpaired) electrons. The molecule has 0 heterocycles. The summed E-state index contributed by atoms with van der Waals surface area (Å²) < 4.78 is 15.5. The number of methoxy groups -OCH3 is 1. The number of carbonyl (C=O) groups excluding carboxylic acids is 2. The molecule has 0 N–H and O–H groups in total. The lowest BCUT2D eigenvalue weighted by atomic mass is 10.2. The second-order valence-corrected chi connectivity index (χ2v) is 7.78. The molecule has 0 saturated carbocycles. The van der Waals surface area contributed by atoms with Gasteiger partial charge < -0.3 is 14.2 Å². The maximum absolute atomic E-state index is 12.3. The zero-order valence-corrected chi connectivity index (χ0v) is 17.1. The summed E-state index contributed by atoms with van der Waals surface area (Å²) in [6.07, 6.45) is 1.67. The largest absolute Gasteiger partial charge is 0.534 e. The maximum atomic E-state index is 12.3. The van der Waals surface area contributed by atoms with Gasteiger partial charge >= 0.3 is 12.2 Å². The summed E-state index contributed by atoms with van der Waals surface area (Å²) in [5.41, 5.74) is -0.605. The van der Waals surface area contributed by atoms with Crippen molar-refractivity contribution in [3.05, 3.63) is 35.9 Å². The Morgan fingerprint density at radius 1 is 1.04 bits per heavy atom. The van der Waals surface area contributed by atoms with E-state index in [9.17, 15) is 9.59 Å². The van der Waals surface area contributed by atoms with Crippen LogP contribution in [0.5, 0.6) is 5.75 Å². The first kappa shape index (κ1) is 22.3. The van der Waals surface area contributed by atoms with Gasteiger partial charge in [-0.25, -0.2) is 9.59 Å². The molecule has 27 heavy (non-hydrogen) atoms. The smallest absolute Gasteiger partial charge is 0.497 e. The SMILES string of the molecule is COc1cccc(/C=C/CN(OC(=O)OC(C)(C)C)C(=O)OC(C)(C)C)c1. The standard InChI is InChI=1S/C20H29NO6/c1-19(2,3)25-17(22)21(27-18(23)26-20(4,5)6)13-9-11-15-10-8-12-16(14-15)24-7/h8-12,14H,13H2,1-7H3/b11-9+. The first-order valence-corrected chi connectivity index (χ1v) is 8.62. The Kier molecular flexibility index (Phi) is 7.69. The van der Waals surface area contributed by atoms with Crippen LogP contribution in [-0.2, 0) is 14.3 Å². The highest BCUT2D eigenvalue weighted by atomic mass is 16.8. The van der Waals surface area contributed by atoms with E-state index in [1.54, 1.807) is 60.8 Å². The number of carbonyl (C=O) groups is 2. The van der Waals surface area contributed by atoms with Crippen LogP contribution in [0.1, 0.15) is 47.1 Å². The average molecular weight is 379 g/mol. The highest BCUT2D eigenvalue weighted by Crippen LogP contribution is 2.15. The van der Waals surface area contributed by atoms with Gasteiger partial charge in [-0.3, -0.25) is 4.84 Å². The molecule has 0 aliphatic heterocycles. The molecule has 1 aromatic rings. The van der Waals surface area contributed by atoms with Crippen molar-refractivity contribution in [1.82, 2.24) is 5.06 Å². The first-order chi connectivity index (χ1) is 12.4. The van der Waals surface area contributed by atoms with E-state index in [2.05, 4.69) is 0 Å². The lowest BCUT2D eigenvalue weighted by Crippen LogP contribution is -2.39. The zero-order valence-electron chi connectivity index (χ0n) is 17.1. The number of nitrogens with zero attached hydrogens (tertiary/aromatic N) is 1. The zero-order chi connectivity index (χ0) is 20.7. The van der Waals surface area contributed by atoms with Gasteiger partial charge in [-0.1, -0.05) is 24.3 Å². The van der Waals surface area contributed by atoms with E-state index >= 15 is 0 Å². The lowest BCUT2D eigenvalue weighted by molar-refractivity contribution is -0.130. The third kappa shape index (κ3) is 9.53. The molecule has 0 atom stereocenters. The second-order valence-electron chi connectivity index (χ2n) is 7.78. The number of hydroxylamine groups is 2. The fourth-order valence-electron chi connectivity index (χ4n) is 1.85. The predicted octanol–water partition coefficient (Wildman–Crippen LogP) is 4.81. The molecule has 0 aliphatic rings. The van der Waals surface area contributed by atoms with Crippen molar-refractivity contribution in [3.63, 3.8) is 0 Å². The van der Waals surface area contributed by atoms with Crippen molar-refractivity contribution in [2.75, 3.05) is 13.7 Å². The normalized spacial score (nSPS) is 11.8. The Balaban J connectivity index is 2.84. The molecule has 0 bridgehead atoms. The van der Waals surface area contributed by atoms with Crippen molar-refractivity contribution >= 4 is 18.3 Å². The van der Waals surface area contributed by atoms with Crippen molar-refractivity contribution in [3.8, 4) is 5.75 Å².